The smallest absolute Gasteiger partial charge is 0.490 e. The van der Waals surface area contributed by atoms with Crippen LogP contribution in [0.4, 0.5) is 13.2 Å². The number of hydrogen-bond acceptors (Lipinski definition) is 6. The molecule has 0 saturated carbocycles. The number of aromatic nitrogens is 1. The lowest BCUT2D eigenvalue weighted by molar-refractivity contribution is -0.192. The molecule has 11 heteroatoms. The van der Waals surface area contributed by atoms with Crippen LogP contribution in [-0.4, -0.2) is 74.1 Å². The van der Waals surface area contributed by atoms with Gasteiger partial charge in [0.05, 0.1) is 19.8 Å². The van der Waals surface area contributed by atoms with Gasteiger partial charge in [0.1, 0.15) is 23.9 Å². The molecule has 37 heavy (non-hydrogen) atoms. The maximum atomic E-state index is 10.6. The van der Waals surface area contributed by atoms with Gasteiger partial charge in [-0.15, -0.1) is 0 Å². The minimum absolute atomic E-state index is 0.0000481. The molecule has 1 saturated heterocycles. The number of carboxylic acids is 1. The number of benzene rings is 2. The van der Waals surface area contributed by atoms with Gasteiger partial charge in [0.15, 0.2) is 0 Å². The number of nitrogens with zero attached hydrogens (tertiary/aromatic N) is 1. The van der Waals surface area contributed by atoms with Crippen molar-refractivity contribution in [3.63, 3.8) is 0 Å². The van der Waals surface area contributed by atoms with E-state index in [0.29, 0.717) is 6.61 Å². The van der Waals surface area contributed by atoms with E-state index in [4.69, 9.17) is 24.1 Å². The van der Waals surface area contributed by atoms with E-state index >= 15 is 0 Å². The lowest BCUT2D eigenvalue weighted by Crippen LogP contribution is -2.49. The molecule has 2 aliphatic rings. The number of hydrogen-bond donors (Lipinski definition) is 3. The Morgan fingerprint density at radius 2 is 1.73 bits per heavy atom. The minimum atomic E-state index is -5.08. The number of halogens is 3. The molecule has 3 N–H and O–H groups in total. The first-order chi connectivity index (χ1) is 17.6. The molecule has 0 amide bonds. The zero-order valence-electron chi connectivity index (χ0n) is 20.7. The third-order valence-corrected chi connectivity index (χ3v) is 6.76. The number of carbonyl (C=O) groups is 1. The summed E-state index contributed by atoms with van der Waals surface area (Å²) < 4.78 is 48.3. The molecule has 1 fully saturated rings. The third kappa shape index (κ3) is 5.94. The summed E-state index contributed by atoms with van der Waals surface area (Å²) in [4.78, 5) is 15.1. The maximum absolute atomic E-state index is 10.6. The third-order valence-electron chi connectivity index (χ3n) is 6.76. The quantitative estimate of drug-likeness (QED) is 0.452. The van der Waals surface area contributed by atoms with Crippen LogP contribution in [0.3, 0.4) is 0 Å². The molecule has 0 bridgehead atoms. The molecule has 1 atom stereocenters. The van der Waals surface area contributed by atoms with Gasteiger partial charge in [0.25, 0.3) is 0 Å². The van der Waals surface area contributed by atoms with E-state index in [9.17, 15) is 13.2 Å². The molecule has 1 unspecified atom stereocenters. The van der Waals surface area contributed by atoms with Crippen molar-refractivity contribution in [1.82, 2.24) is 15.2 Å². The number of rotatable bonds is 6. The van der Waals surface area contributed by atoms with Crippen LogP contribution in [0.15, 0.2) is 42.5 Å². The van der Waals surface area contributed by atoms with Gasteiger partial charge in [-0.25, -0.2) is 4.79 Å². The molecular weight excluding hydrogens is 491 g/mol. The summed E-state index contributed by atoms with van der Waals surface area (Å²) in [5.74, 6) is -0.112. The Kier molecular flexibility index (Phi) is 7.84. The number of aliphatic carboxylic acids is 1. The molecule has 3 aromatic rings. The summed E-state index contributed by atoms with van der Waals surface area (Å²) in [5.41, 5.74) is 4.00. The second kappa shape index (κ2) is 10.9. The van der Waals surface area contributed by atoms with Crippen molar-refractivity contribution in [3.8, 4) is 17.2 Å². The average Bonchev–Trinajstić information content (AvgIpc) is 3.46. The largest absolute Gasteiger partial charge is 0.497 e. The Morgan fingerprint density at radius 1 is 1.08 bits per heavy atom. The molecule has 5 rings (SSSR count). The van der Waals surface area contributed by atoms with E-state index < -0.39 is 12.1 Å². The first kappa shape index (κ1) is 26.6. The Morgan fingerprint density at radius 3 is 2.38 bits per heavy atom. The van der Waals surface area contributed by atoms with Crippen LogP contribution in [0.5, 0.6) is 17.2 Å². The van der Waals surface area contributed by atoms with Gasteiger partial charge in [0.2, 0.25) is 0 Å². The van der Waals surface area contributed by atoms with Crippen LogP contribution in [0.25, 0.3) is 10.9 Å². The second-order valence-corrected chi connectivity index (χ2v) is 9.00. The highest BCUT2D eigenvalue weighted by Gasteiger charge is 2.44. The molecule has 0 aliphatic carbocycles. The highest BCUT2D eigenvalue weighted by molar-refractivity contribution is 5.87. The summed E-state index contributed by atoms with van der Waals surface area (Å²) >= 11 is 0. The molecular formula is C26H30F3N3O5. The number of alkyl halides is 3. The maximum Gasteiger partial charge on any atom is 0.490 e. The van der Waals surface area contributed by atoms with Crippen LogP contribution >= 0.6 is 0 Å². The van der Waals surface area contributed by atoms with Gasteiger partial charge in [-0.3, -0.25) is 4.90 Å². The van der Waals surface area contributed by atoms with Crippen molar-refractivity contribution in [2.75, 3.05) is 47.0 Å². The van der Waals surface area contributed by atoms with Crippen molar-refractivity contribution < 1.29 is 37.3 Å². The summed E-state index contributed by atoms with van der Waals surface area (Å²) in [6.45, 7) is 4.67. The number of likely N-dealkylation sites (tertiary alicyclic amines) is 1. The van der Waals surface area contributed by atoms with Gasteiger partial charge in [-0.1, -0.05) is 0 Å². The van der Waals surface area contributed by atoms with Gasteiger partial charge in [-0.05, 0) is 60.9 Å². The van der Waals surface area contributed by atoms with Crippen molar-refractivity contribution in [2.45, 2.75) is 24.6 Å². The fourth-order valence-electron chi connectivity index (χ4n) is 4.93. The van der Waals surface area contributed by atoms with E-state index in [1.807, 2.05) is 30.3 Å². The molecule has 2 aliphatic heterocycles. The number of H-pyrrole nitrogens is 1. The fraction of sp³-hybridized carbons (Fsp3) is 0.423. The summed E-state index contributed by atoms with van der Waals surface area (Å²) in [5, 5.41) is 12.3. The Balaban J connectivity index is 0.000000405. The van der Waals surface area contributed by atoms with Gasteiger partial charge < -0.3 is 29.6 Å². The molecule has 2 aromatic carbocycles. The average molecular weight is 522 g/mol. The highest BCUT2D eigenvalue weighted by Crippen LogP contribution is 2.40. The fourth-order valence-corrected chi connectivity index (χ4v) is 4.93. The molecule has 0 radical (unpaired) electrons. The predicted octanol–water partition coefficient (Wildman–Crippen LogP) is 3.94. The number of fused-ring (bicyclic) bond motifs is 4. The van der Waals surface area contributed by atoms with Gasteiger partial charge in [0, 0.05) is 42.8 Å². The first-order valence-electron chi connectivity index (χ1n) is 11.9. The van der Waals surface area contributed by atoms with E-state index in [2.05, 4.69) is 27.3 Å². The second-order valence-electron chi connectivity index (χ2n) is 9.00. The number of methoxy groups -OCH3 is 2. The van der Waals surface area contributed by atoms with E-state index in [-0.39, 0.29) is 5.54 Å². The Hall–Kier alpha value is -3.44. The van der Waals surface area contributed by atoms with Crippen LogP contribution in [0, 0.1) is 0 Å². The van der Waals surface area contributed by atoms with Crippen LogP contribution < -0.4 is 19.5 Å². The van der Waals surface area contributed by atoms with Gasteiger partial charge in [-0.2, -0.15) is 13.2 Å². The number of ether oxygens (including phenoxy) is 3. The van der Waals surface area contributed by atoms with Crippen molar-refractivity contribution in [2.24, 2.45) is 0 Å². The molecule has 3 heterocycles. The van der Waals surface area contributed by atoms with Crippen molar-refractivity contribution >= 4 is 16.9 Å². The highest BCUT2D eigenvalue weighted by atomic mass is 19.4. The van der Waals surface area contributed by atoms with Crippen molar-refractivity contribution in [3.05, 3.63) is 53.7 Å². The summed E-state index contributed by atoms with van der Waals surface area (Å²) in [6.07, 6.45) is -2.93. The Labute approximate surface area is 212 Å². The first-order valence-corrected chi connectivity index (χ1v) is 11.9. The van der Waals surface area contributed by atoms with Gasteiger partial charge >= 0.3 is 12.1 Å². The standard InChI is InChI=1S/C24H29N3O3.C2HF3O2/c1-28-17-3-5-18(6-4-17)30-14-13-27-12-10-24(16-27)23-20(9-11-25-24)21-15-19(29-2)7-8-22(21)26-23;3-2(4,5)1(6)7/h3-8,15,25-26H,9-14,16H2,1-2H3;(H,6,7). The van der Waals surface area contributed by atoms with E-state index in [0.717, 1.165) is 56.3 Å². The van der Waals surface area contributed by atoms with Crippen LogP contribution in [-0.2, 0) is 16.8 Å². The van der Waals surface area contributed by atoms with E-state index in [1.54, 1.807) is 14.2 Å². The molecule has 1 spiro atoms. The molecule has 8 nitrogen and oxygen atoms in total. The lowest BCUT2D eigenvalue weighted by atomic mass is 9.86. The topological polar surface area (TPSA) is 96.0 Å². The zero-order chi connectivity index (χ0) is 26.6. The SMILES string of the molecule is COc1ccc(OCCN2CCC3(C2)NCCc2c3[nH]c3ccc(OC)cc23)cc1.O=C(O)C(F)(F)F. The molecule has 200 valence electrons. The van der Waals surface area contributed by atoms with E-state index in [1.165, 1.54) is 22.2 Å². The van der Waals surface area contributed by atoms with Crippen molar-refractivity contribution in [1.29, 1.82) is 0 Å². The summed E-state index contributed by atoms with van der Waals surface area (Å²) in [7, 11) is 3.40. The zero-order valence-corrected chi connectivity index (χ0v) is 20.7. The number of carboxylic acid groups (broad SMARTS) is 1. The molecule has 1 aromatic heterocycles. The minimum Gasteiger partial charge on any atom is -0.497 e. The Bertz CT molecular complexity index is 1230. The lowest BCUT2D eigenvalue weighted by Gasteiger charge is -2.35. The van der Waals surface area contributed by atoms with Crippen LogP contribution in [0.1, 0.15) is 17.7 Å². The number of aromatic amines is 1. The van der Waals surface area contributed by atoms with Crippen LogP contribution in [0.2, 0.25) is 0 Å². The monoisotopic (exact) mass is 521 g/mol. The number of nitrogens with one attached hydrogen (secondary N) is 2. The predicted molar refractivity (Wildman–Crippen MR) is 131 cm³/mol. The normalized spacial score (nSPS) is 19.3. The summed E-state index contributed by atoms with van der Waals surface area (Å²) in [6, 6.07) is 14.1.